The summed E-state index contributed by atoms with van der Waals surface area (Å²) in [5, 5.41) is 0.714. The molecule has 4 heteroatoms. The van der Waals surface area contributed by atoms with Crippen molar-refractivity contribution in [1.82, 2.24) is 0 Å². The average molecular weight is 284 g/mol. The van der Waals surface area contributed by atoms with Crippen molar-refractivity contribution >= 4 is 11.6 Å². The van der Waals surface area contributed by atoms with Gasteiger partial charge in [0.05, 0.1) is 13.2 Å². The smallest absolute Gasteiger partial charge is 0.166 e. The monoisotopic (exact) mass is 283 g/mol. The van der Waals surface area contributed by atoms with Gasteiger partial charge in [-0.1, -0.05) is 11.6 Å². The SMILES string of the molecule is COc1ccc(Cl)c(C2(C(C)N)CC2)c1OC(C)C. The van der Waals surface area contributed by atoms with Crippen LogP contribution < -0.4 is 15.2 Å². The third kappa shape index (κ3) is 2.54. The van der Waals surface area contributed by atoms with Crippen LogP contribution in [0.3, 0.4) is 0 Å². The molecule has 1 aliphatic rings. The van der Waals surface area contributed by atoms with Crippen LogP contribution in [0.5, 0.6) is 11.5 Å². The van der Waals surface area contributed by atoms with Crippen molar-refractivity contribution < 1.29 is 9.47 Å². The van der Waals surface area contributed by atoms with E-state index in [4.69, 9.17) is 26.8 Å². The minimum absolute atomic E-state index is 0.0478. The molecule has 1 aromatic carbocycles. The molecule has 0 heterocycles. The number of nitrogens with two attached hydrogens (primary N) is 1. The van der Waals surface area contributed by atoms with Gasteiger partial charge in [0.2, 0.25) is 0 Å². The van der Waals surface area contributed by atoms with Gasteiger partial charge in [0, 0.05) is 22.0 Å². The first-order chi connectivity index (χ1) is 8.92. The van der Waals surface area contributed by atoms with Gasteiger partial charge in [-0.3, -0.25) is 0 Å². The van der Waals surface area contributed by atoms with Gasteiger partial charge in [0.25, 0.3) is 0 Å². The maximum Gasteiger partial charge on any atom is 0.166 e. The maximum atomic E-state index is 6.42. The lowest BCUT2D eigenvalue weighted by molar-refractivity contribution is 0.225. The highest BCUT2D eigenvalue weighted by Crippen LogP contribution is 2.57. The summed E-state index contributed by atoms with van der Waals surface area (Å²) in [6.07, 6.45) is 2.16. The molecule has 3 nitrogen and oxygen atoms in total. The fourth-order valence-electron chi connectivity index (χ4n) is 2.58. The second-order valence-corrected chi connectivity index (χ2v) is 5.97. The number of rotatable bonds is 5. The number of ether oxygens (including phenoxy) is 2. The highest BCUT2D eigenvalue weighted by Gasteiger charge is 2.51. The molecule has 1 aliphatic carbocycles. The Kier molecular flexibility index (Phi) is 3.98. The first kappa shape index (κ1) is 14.5. The molecule has 106 valence electrons. The summed E-state index contributed by atoms with van der Waals surface area (Å²) in [7, 11) is 1.64. The number of hydrogen-bond acceptors (Lipinski definition) is 3. The molecular weight excluding hydrogens is 262 g/mol. The van der Waals surface area contributed by atoms with Gasteiger partial charge in [-0.05, 0) is 45.7 Å². The van der Waals surface area contributed by atoms with Gasteiger partial charge in [-0.2, -0.15) is 0 Å². The summed E-state index contributed by atoms with van der Waals surface area (Å²) in [5.41, 5.74) is 7.12. The van der Waals surface area contributed by atoms with Gasteiger partial charge in [-0.25, -0.2) is 0 Å². The molecule has 0 radical (unpaired) electrons. The maximum absolute atomic E-state index is 6.42. The van der Waals surface area contributed by atoms with Crippen LogP contribution in [0, 0.1) is 0 Å². The molecule has 1 saturated carbocycles. The van der Waals surface area contributed by atoms with Crippen LogP contribution in [0.2, 0.25) is 5.02 Å². The van der Waals surface area contributed by atoms with E-state index in [2.05, 4.69) is 0 Å². The van der Waals surface area contributed by atoms with Gasteiger partial charge in [0.1, 0.15) is 0 Å². The van der Waals surface area contributed by atoms with Crippen LogP contribution in [0.15, 0.2) is 12.1 Å². The Bertz CT molecular complexity index is 467. The molecule has 1 fully saturated rings. The van der Waals surface area contributed by atoms with E-state index in [1.165, 1.54) is 0 Å². The Hall–Kier alpha value is -0.930. The Morgan fingerprint density at radius 3 is 2.32 bits per heavy atom. The predicted molar refractivity (Wildman–Crippen MR) is 78.3 cm³/mol. The highest BCUT2D eigenvalue weighted by molar-refractivity contribution is 6.31. The van der Waals surface area contributed by atoms with Crippen LogP contribution in [0.4, 0.5) is 0 Å². The van der Waals surface area contributed by atoms with Gasteiger partial charge in [0.15, 0.2) is 11.5 Å². The zero-order valence-electron chi connectivity index (χ0n) is 12.0. The average Bonchev–Trinajstić information content (AvgIpc) is 3.10. The lowest BCUT2D eigenvalue weighted by atomic mass is 9.88. The Morgan fingerprint density at radius 2 is 1.89 bits per heavy atom. The minimum Gasteiger partial charge on any atom is -0.493 e. The van der Waals surface area contributed by atoms with Crippen molar-refractivity contribution in [3.8, 4) is 11.5 Å². The highest BCUT2D eigenvalue weighted by atomic mass is 35.5. The van der Waals surface area contributed by atoms with E-state index < -0.39 is 0 Å². The predicted octanol–water partition coefficient (Wildman–Crippen LogP) is 3.51. The topological polar surface area (TPSA) is 44.5 Å². The summed E-state index contributed by atoms with van der Waals surface area (Å²) < 4.78 is 11.4. The fraction of sp³-hybridized carbons (Fsp3) is 0.600. The molecule has 2 N–H and O–H groups in total. The van der Waals surface area contributed by atoms with Gasteiger partial charge in [-0.15, -0.1) is 0 Å². The van der Waals surface area contributed by atoms with Gasteiger partial charge >= 0.3 is 0 Å². The molecule has 0 amide bonds. The first-order valence-electron chi connectivity index (χ1n) is 6.71. The Balaban J connectivity index is 2.57. The van der Waals surface area contributed by atoms with E-state index in [0.29, 0.717) is 5.02 Å². The van der Waals surface area contributed by atoms with Crippen LogP contribution in [-0.2, 0) is 5.41 Å². The summed E-state index contributed by atoms with van der Waals surface area (Å²) >= 11 is 6.42. The van der Waals surface area contributed by atoms with Crippen LogP contribution >= 0.6 is 11.6 Å². The van der Waals surface area contributed by atoms with Crippen molar-refractivity contribution in [3.63, 3.8) is 0 Å². The number of hydrogen-bond donors (Lipinski definition) is 1. The molecule has 1 unspecified atom stereocenters. The van der Waals surface area contributed by atoms with E-state index in [1.807, 2.05) is 32.9 Å². The molecule has 0 bridgehead atoms. The second kappa shape index (κ2) is 5.22. The molecule has 19 heavy (non-hydrogen) atoms. The number of halogens is 1. The van der Waals surface area contributed by atoms with Crippen molar-refractivity contribution in [2.24, 2.45) is 5.73 Å². The molecule has 0 saturated heterocycles. The summed E-state index contributed by atoms with van der Waals surface area (Å²) in [6.45, 7) is 6.02. The largest absolute Gasteiger partial charge is 0.493 e. The van der Waals surface area contributed by atoms with E-state index in [-0.39, 0.29) is 17.6 Å². The lowest BCUT2D eigenvalue weighted by Crippen LogP contribution is -2.32. The molecule has 2 rings (SSSR count). The van der Waals surface area contributed by atoms with Crippen molar-refractivity contribution in [2.45, 2.75) is 51.2 Å². The molecule has 1 aromatic rings. The fourth-order valence-corrected chi connectivity index (χ4v) is 2.92. The van der Waals surface area contributed by atoms with Crippen molar-refractivity contribution in [2.75, 3.05) is 7.11 Å². The summed E-state index contributed by atoms with van der Waals surface area (Å²) in [4.78, 5) is 0. The summed E-state index contributed by atoms with van der Waals surface area (Å²) in [6, 6.07) is 3.76. The molecule has 0 spiro atoms. The van der Waals surface area contributed by atoms with Crippen molar-refractivity contribution in [1.29, 1.82) is 0 Å². The zero-order chi connectivity index (χ0) is 14.2. The molecular formula is C15H22ClNO2. The normalized spacial score (nSPS) is 18.3. The second-order valence-electron chi connectivity index (χ2n) is 5.57. The molecule has 0 aromatic heterocycles. The Labute approximate surface area is 120 Å². The van der Waals surface area contributed by atoms with E-state index in [9.17, 15) is 0 Å². The third-order valence-electron chi connectivity index (χ3n) is 3.80. The van der Waals surface area contributed by atoms with Crippen LogP contribution in [0.1, 0.15) is 39.2 Å². The third-order valence-corrected chi connectivity index (χ3v) is 4.12. The standard InChI is InChI=1S/C15H22ClNO2/c1-9(2)19-14-12(18-4)6-5-11(16)13(14)15(7-8-15)10(3)17/h5-6,9-10H,7-8,17H2,1-4H3. The van der Waals surface area contributed by atoms with Gasteiger partial charge < -0.3 is 15.2 Å². The first-order valence-corrected chi connectivity index (χ1v) is 7.09. The number of methoxy groups -OCH3 is 1. The molecule has 0 aliphatic heterocycles. The molecule has 1 atom stereocenters. The zero-order valence-corrected chi connectivity index (χ0v) is 12.8. The summed E-state index contributed by atoms with van der Waals surface area (Å²) in [5.74, 6) is 1.47. The minimum atomic E-state index is -0.0597. The number of benzene rings is 1. The Morgan fingerprint density at radius 1 is 1.26 bits per heavy atom. The van der Waals surface area contributed by atoms with E-state index in [1.54, 1.807) is 7.11 Å². The van der Waals surface area contributed by atoms with Crippen molar-refractivity contribution in [3.05, 3.63) is 22.7 Å². The van der Waals surface area contributed by atoms with E-state index >= 15 is 0 Å². The van der Waals surface area contributed by atoms with Crippen LogP contribution in [-0.4, -0.2) is 19.3 Å². The van der Waals surface area contributed by atoms with E-state index in [0.717, 1.165) is 29.9 Å². The lowest BCUT2D eigenvalue weighted by Gasteiger charge is -2.26. The van der Waals surface area contributed by atoms with Crippen LogP contribution in [0.25, 0.3) is 0 Å². The quantitative estimate of drug-likeness (QED) is 0.899.